The molecule has 0 heterocycles. The molecule has 4 nitrogen and oxygen atoms in total. The van der Waals surface area contributed by atoms with Gasteiger partial charge in [0.1, 0.15) is 5.75 Å². The Morgan fingerprint density at radius 1 is 1.45 bits per heavy atom. The van der Waals surface area contributed by atoms with Crippen molar-refractivity contribution in [1.82, 2.24) is 0 Å². The number of halogens is 1. The van der Waals surface area contributed by atoms with Gasteiger partial charge in [-0.05, 0) is 43.0 Å². The van der Waals surface area contributed by atoms with E-state index in [0.29, 0.717) is 24.5 Å². The summed E-state index contributed by atoms with van der Waals surface area (Å²) >= 11 is 6.01. The zero-order valence-electron chi connectivity index (χ0n) is 12.0. The molecule has 0 aliphatic heterocycles. The smallest absolute Gasteiger partial charge is 0.305 e. The molecule has 0 aliphatic rings. The summed E-state index contributed by atoms with van der Waals surface area (Å²) < 4.78 is 10.3. The Balaban J connectivity index is 2.57. The lowest BCUT2D eigenvalue weighted by Gasteiger charge is -2.14. The van der Waals surface area contributed by atoms with Crippen LogP contribution < -0.4 is 10.5 Å². The van der Waals surface area contributed by atoms with Gasteiger partial charge in [0.25, 0.3) is 0 Å². The number of benzene rings is 1. The van der Waals surface area contributed by atoms with Crippen molar-refractivity contribution >= 4 is 17.6 Å². The molecule has 2 N–H and O–H groups in total. The normalized spacial score (nSPS) is 12.0. The van der Waals surface area contributed by atoms with Crippen LogP contribution in [0.5, 0.6) is 5.75 Å². The van der Waals surface area contributed by atoms with Crippen molar-refractivity contribution in [2.75, 3.05) is 13.7 Å². The highest BCUT2D eigenvalue weighted by atomic mass is 35.5. The van der Waals surface area contributed by atoms with E-state index in [9.17, 15) is 4.79 Å². The van der Waals surface area contributed by atoms with Crippen LogP contribution in [-0.2, 0) is 16.0 Å². The Morgan fingerprint density at radius 3 is 2.85 bits per heavy atom. The van der Waals surface area contributed by atoms with Gasteiger partial charge in [-0.2, -0.15) is 0 Å². The lowest BCUT2D eigenvalue weighted by Crippen LogP contribution is -2.21. The molecule has 0 aliphatic carbocycles. The minimum Gasteiger partial charge on any atom is -0.493 e. The Hall–Kier alpha value is -1.26. The largest absolute Gasteiger partial charge is 0.493 e. The fraction of sp³-hybridized carbons (Fsp3) is 0.533. The van der Waals surface area contributed by atoms with Crippen molar-refractivity contribution in [2.45, 2.75) is 38.6 Å². The zero-order valence-corrected chi connectivity index (χ0v) is 12.8. The zero-order chi connectivity index (χ0) is 15.0. The second-order valence-electron chi connectivity index (χ2n) is 4.65. The predicted molar refractivity (Wildman–Crippen MR) is 80.2 cm³/mol. The Bertz CT molecular complexity index is 437. The van der Waals surface area contributed by atoms with Crippen LogP contribution in [0.1, 0.15) is 31.7 Å². The summed E-state index contributed by atoms with van der Waals surface area (Å²) in [4.78, 5) is 11.0. The lowest BCUT2D eigenvalue weighted by atomic mass is 10.0. The molecule has 0 saturated carbocycles. The van der Waals surface area contributed by atoms with Crippen molar-refractivity contribution in [2.24, 2.45) is 5.73 Å². The molecule has 0 fully saturated rings. The van der Waals surface area contributed by atoms with Gasteiger partial charge in [-0.15, -0.1) is 0 Å². The van der Waals surface area contributed by atoms with Crippen molar-refractivity contribution in [3.05, 3.63) is 28.8 Å². The first-order valence-electron chi connectivity index (χ1n) is 6.80. The third-order valence-corrected chi connectivity index (χ3v) is 3.27. The molecule has 0 aromatic heterocycles. The van der Waals surface area contributed by atoms with Gasteiger partial charge >= 0.3 is 5.97 Å². The molecule has 0 amide bonds. The first kappa shape index (κ1) is 16.8. The fourth-order valence-electron chi connectivity index (χ4n) is 1.78. The molecule has 1 atom stereocenters. The van der Waals surface area contributed by atoms with E-state index in [2.05, 4.69) is 4.74 Å². The summed E-state index contributed by atoms with van der Waals surface area (Å²) in [5.41, 5.74) is 6.98. The highest BCUT2D eigenvalue weighted by molar-refractivity contribution is 6.30. The first-order valence-corrected chi connectivity index (χ1v) is 7.18. The maximum Gasteiger partial charge on any atom is 0.305 e. The number of hydrogen-bond donors (Lipinski definition) is 1. The van der Waals surface area contributed by atoms with Gasteiger partial charge in [-0.3, -0.25) is 4.79 Å². The first-order chi connectivity index (χ1) is 9.56. The summed E-state index contributed by atoms with van der Waals surface area (Å²) in [6.07, 6.45) is 2.60. The van der Waals surface area contributed by atoms with Crippen LogP contribution in [0.25, 0.3) is 0 Å². The third-order valence-electron chi connectivity index (χ3n) is 3.04. The molecule has 20 heavy (non-hydrogen) atoms. The summed E-state index contributed by atoms with van der Waals surface area (Å²) in [6, 6.07) is 5.61. The molecule has 1 aromatic carbocycles. The monoisotopic (exact) mass is 299 g/mol. The van der Waals surface area contributed by atoms with Crippen LogP contribution >= 0.6 is 11.6 Å². The van der Waals surface area contributed by atoms with E-state index in [1.165, 1.54) is 7.11 Å². The molecular formula is C15H22ClNO3. The molecule has 1 rings (SSSR count). The molecule has 1 unspecified atom stereocenters. The Kier molecular flexibility index (Phi) is 7.41. The van der Waals surface area contributed by atoms with Gasteiger partial charge in [0, 0.05) is 17.5 Å². The van der Waals surface area contributed by atoms with E-state index in [4.69, 9.17) is 22.1 Å². The fourth-order valence-corrected chi connectivity index (χ4v) is 1.97. The number of rotatable bonds is 8. The quantitative estimate of drug-likeness (QED) is 0.592. The molecule has 0 spiro atoms. The maximum atomic E-state index is 11.0. The number of esters is 1. The van der Waals surface area contributed by atoms with E-state index in [-0.39, 0.29) is 12.0 Å². The number of nitrogens with two attached hydrogens (primary N) is 1. The van der Waals surface area contributed by atoms with Crippen molar-refractivity contribution in [3.8, 4) is 5.75 Å². The Labute approximate surface area is 125 Å². The molecule has 1 aromatic rings. The lowest BCUT2D eigenvalue weighted by molar-refractivity contribution is -0.140. The van der Waals surface area contributed by atoms with Gasteiger partial charge in [-0.1, -0.05) is 18.5 Å². The predicted octanol–water partition coefficient (Wildman–Crippen LogP) is 2.95. The van der Waals surface area contributed by atoms with E-state index >= 15 is 0 Å². The van der Waals surface area contributed by atoms with Crippen LogP contribution in [0.2, 0.25) is 5.02 Å². The maximum absolute atomic E-state index is 11.0. The van der Waals surface area contributed by atoms with Gasteiger partial charge in [0.2, 0.25) is 0 Å². The summed E-state index contributed by atoms with van der Waals surface area (Å²) in [6.45, 7) is 2.51. The van der Waals surface area contributed by atoms with E-state index in [0.717, 1.165) is 24.2 Å². The van der Waals surface area contributed by atoms with Crippen molar-refractivity contribution in [3.63, 3.8) is 0 Å². The molecule has 0 saturated heterocycles. The van der Waals surface area contributed by atoms with Crippen LogP contribution in [0, 0.1) is 0 Å². The second kappa shape index (κ2) is 8.82. The van der Waals surface area contributed by atoms with E-state index < -0.39 is 0 Å². The average molecular weight is 300 g/mol. The van der Waals surface area contributed by atoms with Gasteiger partial charge < -0.3 is 15.2 Å². The van der Waals surface area contributed by atoms with Gasteiger partial charge in [0.05, 0.1) is 13.7 Å². The van der Waals surface area contributed by atoms with Crippen LogP contribution in [0.3, 0.4) is 0 Å². The summed E-state index contributed by atoms with van der Waals surface area (Å²) in [5, 5.41) is 0.671. The Morgan fingerprint density at radius 2 is 2.20 bits per heavy atom. The minimum atomic E-state index is -0.224. The summed E-state index contributed by atoms with van der Waals surface area (Å²) in [5.74, 6) is 0.557. The molecule has 5 heteroatoms. The van der Waals surface area contributed by atoms with E-state index in [1.54, 1.807) is 6.07 Å². The summed E-state index contributed by atoms with van der Waals surface area (Å²) in [7, 11) is 1.38. The second-order valence-corrected chi connectivity index (χ2v) is 5.09. The van der Waals surface area contributed by atoms with Crippen LogP contribution in [-0.4, -0.2) is 25.7 Å². The third kappa shape index (κ3) is 5.80. The topological polar surface area (TPSA) is 61.5 Å². The molecule has 0 bridgehead atoms. The standard InChI is InChI=1S/C15H22ClNO3/c1-3-13(17)10-11-9-12(16)6-7-14(11)20-8-4-5-15(18)19-2/h6-7,9,13H,3-5,8,10,17H2,1-2H3. The number of carbonyl (C=O) groups is 1. The average Bonchev–Trinajstić information content (AvgIpc) is 2.44. The van der Waals surface area contributed by atoms with Crippen LogP contribution in [0.4, 0.5) is 0 Å². The molecule has 0 radical (unpaired) electrons. The van der Waals surface area contributed by atoms with Crippen molar-refractivity contribution in [1.29, 1.82) is 0 Å². The number of methoxy groups -OCH3 is 1. The highest BCUT2D eigenvalue weighted by Gasteiger charge is 2.09. The number of ether oxygens (including phenoxy) is 2. The number of carbonyl (C=O) groups excluding carboxylic acids is 1. The van der Waals surface area contributed by atoms with Crippen LogP contribution in [0.15, 0.2) is 18.2 Å². The number of hydrogen-bond acceptors (Lipinski definition) is 4. The SMILES string of the molecule is CCC(N)Cc1cc(Cl)ccc1OCCCC(=O)OC. The van der Waals surface area contributed by atoms with E-state index in [1.807, 2.05) is 19.1 Å². The van der Waals surface area contributed by atoms with Gasteiger partial charge in [-0.25, -0.2) is 0 Å². The minimum absolute atomic E-state index is 0.0888. The molecule has 112 valence electrons. The van der Waals surface area contributed by atoms with Gasteiger partial charge in [0.15, 0.2) is 0 Å². The molecular weight excluding hydrogens is 278 g/mol. The highest BCUT2D eigenvalue weighted by Crippen LogP contribution is 2.24. The van der Waals surface area contributed by atoms with Crippen molar-refractivity contribution < 1.29 is 14.3 Å².